The molecule has 1 amide bonds. The Morgan fingerprint density at radius 3 is 2.80 bits per heavy atom. The van der Waals surface area contributed by atoms with Crippen LogP contribution in [0.4, 0.5) is 0 Å². The lowest BCUT2D eigenvalue weighted by atomic mass is 10.1. The van der Waals surface area contributed by atoms with E-state index in [-0.39, 0.29) is 18.0 Å². The molecule has 112 valence electrons. The second kappa shape index (κ2) is 6.39. The van der Waals surface area contributed by atoms with E-state index in [0.29, 0.717) is 13.0 Å². The largest absolute Gasteiger partial charge is 0.379 e. The summed E-state index contributed by atoms with van der Waals surface area (Å²) in [5, 5.41) is 7.58. The summed E-state index contributed by atoms with van der Waals surface area (Å²) in [5.41, 5.74) is 3.39. The normalized spacial score (nSPS) is 20.7. The summed E-state index contributed by atoms with van der Waals surface area (Å²) in [7, 11) is 0. The van der Waals surface area contributed by atoms with Gasteiger partial charge in [0.2, 0.25) is 5.91 Å². The van der Waals surface area contributed by atoms with Crippen LogP contribution in [0.1, 0.15) is 49.2 Å². The highest BCUT2D eigenvalue weighted by atomic mass is 16.5. The number of ether oxygens (including phenoxy) is 1. The van der Waals surface area contributed by atoms with Crippen molar-refractivity contribution in [2.24, 2.45) is 0 Å². The van der Waals surface area contributed by atoms with Crippen LogP contribution in [0.3, 0.4) is 0 Å². The third kappa shape index (κ3) is 3.39. The van der Waals surface area contributed by atoms with E-state index in [1.165, 1.54) is 5.56 Å². The van der Waals surface area contributed by atoms with Crippen molar-refractivity contribution < 1.29 is 9.53 Å². The maximum Gasteiger partial charge on any atom is 0.222 e. The standard InChI is InChI=1S/C15H25N3O2/c1-10(18-13(4)11(2)12(3)17-18)8-15(19)16-14-6-5-7-20-9-14/h10,14H,5-9H2,1-4H3,(H,16,19)/t10-,14-/m0/s1. The Hall–Kier alpha value is -1.36. The first-order valence-corrected chi connectivity index (χ1v) is 7.38. The zero-order chi connectivity index (χ0) is 14.7. The van der Waals surface area contributed by atoms with Gasteiger partial charge in [-0.1, -0.05) is 0 Å². The summed E-state index contributed by atoms with van der Waals surface area (Å²) >= 11 is 0. The van der Waals surface area contributed by atoms with E-state index >= 15 is 0 Å². The van der Waals surface area contributed by atoms with Gasteiger partial charge in [0.1, 0.15) is 0 Å². The predicted molar refractivity (Wildman–Crippen MR) is 77.7 cm³/mol. The smallest absolute Gasteiger partial charge is 0.222 e. The summed E-state index contributed by atoms with van der Waals surface area (Å²) in [6.45, 7) is 9.62. The van der Waals surface area contributed by atoms with Crippen LogP contribution in [0.15, 0.2) is 0 Å². The quantitative estimate of drug-likeness (QED) is 0.917. The SMILES string of the molecule is Cc1nn([C@@H](C)CC(=O)N[C@H]2CCCOC2)c(C)c1C. The topological polar surface area (TPSA) is 56.2 Å². The number of aromatic nitrogens is 2. The first kappa shape index (κ1) is 15.0. The van der Waals surface area contributed by atoms with Crippen molar-refractivity contribution in [3.8, 4) is 0 Å². The fraction of sp³-hybridized carbons (Fsp3) is 0.733. The molecule has 1 aromatic heterocycles. The first-order chi connectivity index (χ1) is 9.49. The number of carbonyl (C=O) groups excluding carboxylic acids is 1. The molecule has 0 saturated carbocycles. The molecule has 5 heteroatoms. The average molecular weight is 279 g/mol. The molecule has 0 aliphatic carbocycles. The van der Waals surface area contributed by atoms with Crippen LogP contribution in [0.2, 0.25) is 0 Å². The molecule has 1 fully saturated rings. The third-order valence-corrected chi connectivity index (χ3v) is 4.11. The molecule has 1 aromatic rings. The van der Waals surface area contributed by atoms with Gasteiger partial charge in [-0.15, -0.1) is 0 Å². The lowest BCUT2D eigenvalue weighted by molar-refractivity contribution is -0.123. The van der Waals surface area contributed by atoms with Crippen LogP contribution in [0, 0.1) is 20.8 Å². The van der Waals surface area contributed by atoms with Gasteiger partial charge < -0.3 is 10.1 Å². The molecule has 5 nitrogen and oxygen atoms in total. The van der Waals surface area contributed by atoms with Crippen LogP contribution < -0.4 is 5.32 Å². The van der Waals surface area contributed by atoms with E-state index in [1.54, 1.807) is 0 Å². The lowest BCUT2D eigenvalue weighted by Gasteiger charge is -2.24. The Morgan fingerprint density at radius 1 is 1.50 bits per heavy atom. The number of rotatable bonds is 4. The molecule has 2 atom stereocenters. The molecular formula is C15H25N3O2. The molecule has 0 unspecified atom stereocenters. The number of hydrogen-bond acceptors (Lipinski definition) is 3. The molecule has 1 aliphatic heterocycles. The molecule has 1 aliphatic rings. The van der Waals surface area contributed by atoms with Gasteiger partial charge in [-0.3, -0.25) is 9.48 Å². The van der Waals surface area contributed by atoms with E-state index in [0.717, 1.165) is 30.8 Å². The van der Waals surface area contributed by atoms with Crippen molar-refractivity contribution in [1.29, 1.82) is 0 Å². The van der Waals surface area contributed by atoms with E-state index in [4.69, 9.17) is 4.74 Å². The zero-order valence-electron chi connectivity index (χ0n) is 12.9. The fourth-order valence-corrected chi connectivity index (χ4v) is 2.67. The molecule has 2 rings (SSSR count). The van der Waals surface area contributed by atoms with Crippen LogP contribution in [-0.4, -0.2) is 34.9 Å². The monoisotopic (exact) mass is 279 g/mol. The van der Waals surface area contributed by atoms with E-state index in [1.807, 2.05) is 18.5 Å². The minimum absolute atomic E-state index is 0.0758. The number of amides is 1. The minimum Gasteiger partial charge on any atom is -0.379 e. The van der Waals surface area contributed by atoms with Crippen molar-refractivity contribution in [1.82, 2.24) is 15.1 Å². The van der Waals surface area contributed by atoms with Crippen molar-refractivity contribution in [2.45, 2.75) is 59.0 Å². The Labute approximate surface area is 120 Å². The maximum absolute atomic E-state index is 12.1. The predicted octanol–water partition coefficient (Wildman–Crippen LogP) is 2.05. The van der Waals surface area contributed by atoms with Crippen LogP contribution in [-0.2, 0) is 9.53 Å². The van der Waals surface area contributed by atoms with Gasteiger partial charge in [0.25, 0.3) is 0 Å². The van der Waals surface area contributed by atoms with E-state index < -0.39 is 0 Å². The van der Waals surface area contributed by atoms with Gasteiger partial charge in [-0.05, 0) is 46.1 Å². The van der Waals surface area contributed by atoms with Gasteiger partial charge in [-0.25, -0.2) is 0 Å². The Bertz CT molecular complexity index is 476. The number of nitrogens with zero attached hydrogens (tertiary/aromatic N) is 2. The third-order valence-electron chi connectivity index (χ3n) is 4.11. The van der Waals surface area contributed by atoms with Gasteiger partial charge in [0.15, 0.2) is 0 Å². The van der Waals surface area contributed by atoms with Gasteiger partial charge in [0.05, 0.1) is 24.4 Å². The Morgan fingerprint density at radius 2 is 2.25 bits per heavy atom. The fourth-order valence-electron chi connectivity index (χ4n) is 2.67. The van der Waals surface area contributed by atoms with Crippen LogP contribution >= 0.6 is 0 Å². The average Bonchev–Trinajstić information content (AvgIpc) is 2.67. The molecule has 1 saturated heterocycles. The van der Waals surface area contributed by atoms with E-state index in [9.17, 15) is 4.79 Å². The van der Waals surface area contributed by atoms with Crippen LogP contribution in [0.25, 0.3) is 0 Å². The summed E-state index contributed by atoms with van der Waals surface area (Å²) in [6.07, 6.45) is 2.49. The highest BCUT2D eigenvalue weighted by Gasteiger charge is 2.20. The maximum atomic E-state index is 12.1. The van der Waals surface area contributed by atoms with Crippen molar-refractivity contribution in [3.05, 3.63) is 17.0 Å². The van der Waals surface area contributed by atoms with Crippen molar-refractivity contribution in [2.75, 3.05) is 13.2 Å². The summed E-state index contributed by atoms with van der Waals surface area (Å²) in [6, 6.07) is 0.248. The molecule has 0 bridgehead atoms. The summed E-state index contributed by atoms with van der Waals surface area (Å²) in [5.74, 6) is 0.0817. The van der Waals surface area contributed by atoms with E-state index in [2.05, 4.69) is 24.3 Å². The molecule has 20 heavy (non-hydrogen) atoms. The van der Waals surface area contributed by atoms with Gasteiger partial charge in [-0.2, -0.15) is 5.10 Å². The summed E-state index contributed by atoms with van der Waals surface area (Å²) in [4.78, 5) is 12.1. The van der Waals surface area contributed by atoms with Gasteiger partial charge >= 0.3 is 0 Å². The molecule has 1 N–H and O–H groups in total. The molecule has 0 radical (unpaired) electrons. The second-order valence-corrected chi connectivity index (χ2v) is 5.78. The Balaban J connectivity index is 1.91. The number of nitrogens with one attached hydrogen (secondary N) is 1. The zero-order valence-corrected chi connectivity index (χ0v) is 12.9. The molecule has 2 heterocycles. The molecular weight excluding hydrogens is 254 g/mol. The molecule has 0 spiro atoms. The second-order valence-electron chi connectivity index (χ2n) is 5.78. The molecule has 0 aromatic carbocycles. The van der Waals surface area contributed by atoms with Gasteiger partial charge in [0, 0.05) is 18.7 Å². The summed E-state index contributed by atoms with van der Waals surface area (Å²) < 4.78 is 7.34. The van der Waals surface area contributed by atoms with Crippen molar-refractivity contribution in [3.63, 3.8) is 0 Å². The van der Waals surface area contributed by atoms with Crippen LogP contribution in [0.5, 0.6) is 0 Å². The number of aryl methyl sites for hydroxylation is 1. The minimum atomic E-state index is 0.0758. The first-order valence-electron chi connectivity index (χ1n) is 7.38. The number of carbonyl (C=O) groups is 1. The highest BCUT2D eigenvalue weighted by Crippen LogP contribution is 2.18. The Kier molecular flexibility index (Phi) is 4.81. The highest BCUT2D eigenvalue weighted by molar-refractivity contribution is 5.76. The number of hydrogen-bond donors (Lipinski definition) is 1. The van der Waals surface area contributed by atoms with Crippen molar-refractivity contribution >= 4 is 5.91 Å². The lowest BCUT2D eigenvalue weighted by Crippen LogP contribution is -2.41.